The number of methoxy groups -OCH3 is 1. The van der Waals surface area contributed by atoms with Gasteiger partial charge >= 0.3 is 5.91 Å². The van der Waals surface area contributed by atoms with Crippen LogP contribution in [0.25, 0.3) is 0 Å². The van der Waals surface area contributed by atoms with Gasteiger partial charge in [-0.2, -0.15) is 0 Å². The summed E-state index contributed by atoms with van der Waals surface area (Å²) in [4.78, 5) is 10.6. The minimum Gasteiger partial charge on any atom is -0.419 e. The molecule has 0 saturated heterocycles. The van der Waals surface area contributed by atoms with Gasteiger partial charge in [-0.25, -0.2) is 0 Å². The van der Waals surface area contributed by atoms with Crippen LogP contribution in [-0.4, -0.2) is 37.6 Å². The van der Waals surface area contributed by atoms with Gasteiger partial charge in [0.1, 0.15) is 6.23 Å². The molecule has 0 spiro atoms. The zero-order chi connectivity index (χ0) is 15.2. The first-order valence-corrected chi connectivity index (χ1v) is 5.99. The van der Waals surface area contributed by atoms with Crippen molar-refractivity contribution < 1.29 is 14.3 Å². The third kappa shape index (κ3) is 6.30. The molecule has 0 aromatic carbocycles. The topological polar surface area (TPSA) is 121 Å². The molecule has 0 rings (SSSR count). The monoisotopic (exact) mass is 272 g/mol. The van der Waals surface area contributed by atoms with Gasteiger partial charge in [-0.15, -0.1) is 0 Å². The molecule has 5 N–H and O–H groups in total. The summed E-state index contributed by atoms with van der Waals surface area (Å²) in [6.45, 7) is 8.37. The number of nitrogens with one attached hydrogen (secondary N) is 3. The van der Waals surface area contributed by atoms with Crippen molar-refractivity contribution in [1.82, 2.24) is 5.32 Å². The molecule has 1 amide bonds. The van der Waals surface area contributed by atoms with Crippen LogP contribution in [0.15, 0.2) is 0 Å². The van der Waals surface area contributed by atoms with Gasteiger partial charge in [0, 0.05) is 13.0 Å². The lowest BCUT2D eigenvalue weighted by Crippen LogP contribution is -2.44. The van der Waals surface area contributed by atoms with Gasteiger partial charge in [0.2, 0.25) is 5.90 Å². The highest BCUT2D eigenvalue weighted by molar-refractivity contribution is 6.35. The Morgan fingerprint density at radius 3 is 2.26 bits per heavy atom. The van der Waals surface area contributed by atoms with Gasteiger partial charge in [-0.1, -0.05) is 27.7 Å². The van der Waals surface area contributed by atoms with Crippen molar-refractivity contribution >= 4 is 17.7 Å². The molecule has 0 aromatic rings. The Labute approximate surface area is 113 Å². The molecule has 0 heterocycles. The number of hydrogen-bond acceptors (Lipinski definition) is 6. The zero-order valence-corrected chi connectivity index (χ0v) is 12.2. The first-order valence-electron chi connectivity index (χ1n) is 5.99. The summed E-state index contributed by atoms with van der Waals surface area (Å²) in [5.41, 5.74) is 4.88. The van der Waals surface area contributed by atoms with Gasteiger partial charge in [-0.3, -0.25) is 20.9 Å². The molecule has 0 bridgehead atoms. The van der Waals surface area contributed by atoms with Crippen molar-refractivity contribution in [3.05, 3.63) is 0 Å². The molecule has 19 heavy (non-hydrogen) atoms. The van der Waals surface area contributed by atoms with E-state index in [1.807, 2.05) is 6.92 Å². The maximum atomic E-state index is 10.6. The number of ether oxygens (including phenoxy) is 2. The van der Waals surface area contributed by atoms with Crippen molar-refractivity contribution in [3.8, 4) is 0 Å². The van der Waals surface area contributed by atoms with E-state index in [9.17, 15) is 4.79 Å². The smallest absolute Gasteiger partial charge is 0.304 e. The number of carbonyl (C=O) groups excluding carboxylic acids is 1. The van der Waals surface area contributed by atoms with Crippen molar-refractivity contribution in [2.24, 2.45) is 17.1 Å². The van der Waals surface area contributed by atoms with Gasteiger partial charge in [0.25, 0.3) is 5.90 Å². The molecule has 7 heteroatoms. The molecular weight excluding hydrogens is 248 g/mol. The van der Waals surface area contributed by atoms with Crippen LogP contribution < -0.4 is 11.1 Å². The molecule has 0 aliphatic rings. The summed E-state index contributed by atoms with van der Waals surface area (Å²) in [6, 6.07) is 0. The summed E-state index contributed by atoms with van der Waals surface area (Å²) >= 11 is 0. The molecule has 0 aliphatic carbocycles. The minimum absolute atomic E-state index is 0.0384. The van der Waals surface area contributed by atoms with Crippen LogP contribution in [0.2, 0.25) is 0 Å². The average Bonchev–Trinajstić information content (AvgIpc) is 2.27. The normalized spacial score (nSPS) is 14.6. The summed E-state index contributed by atoms with van der Waals surface area (Å²) in [5, 5.41) is 17.6. The quantitative estimate of drug-likeness (QED) is 0.334. The highest BCUT2D eigenvalue weighted by Crippen LogP contribution is 2.28. The largest absolute Gasteiger partial charge is 0.419 e. The molecule has 110 valence electrons. The summed E-state index contributed by atoms with van der Waals surface area (Å²) in [5.74, 6) is -1.81. The Balaban J connectivity index is 4.33. The second-order valence-electron chi connectivity index (χ2n) is 5.41. The average molecular weight is 272 g/mol. The number of rotatable bonds is 5. The standard InChI is InChI=1S/C12H24N4O3/c1-7(12(2,3)4)11(18-5)16-6-8(13)19-10(15)9(14)17/h7,11,13,15-16H,6H2,1-5H3,(H2,14,17). The molecule has 7 nitrogen and oxygen atoms in total. The molecule has 2 unspecified atom stereocenters. The Morgan fingerprint density at radius 2 is 1.89 bits per heavy atom. The molecule has 0 aliphatic heterocycles. The van der Waals surface area contributed by atoms with Crippen LogP contribution in [0, 0.1) is 22.2 Å². The van der Waals surface area contributed by atoms with Gasteiger partial charge in [0.15, 0.2) is 0 Å². The van der Waals surface area contributed by atoms with Gasteiger partial charge < -0.3 is 15.2 Å². The number of carbonyl (C=O) groups is 1. The third-order valence-corrected chi connectivity index (χ3v) is 2.99. The Bertz CT molecular complexity index is 349. The van der Waals surface area contributed by atoms with E-state index < -0.39 is 11.8 Å². The first kappa shape index (κ1) is 17.5. The van der Waals surface area contributed by atoms with Crippen molar-refractivity contribution in [2.75, 3.05) is 13.7 Å². The van der Waals surface area contributed by atoms with E-state index in [2.05, 4.69) is 30.8 Å². The summed E-state index contributed by atoms with van der Waals surface area (Å²) in [7, 11) is 1.58. The number of amides is 1. The Kier molecular flexibility index (Phi) is 6.64. The van der Waals surface area contributed by atoms with Gasteiger partial charge in [-0.05, 0) is 5.41 Å². The summed E-state index contributed by atoms with van der Waals surface area (Å²) < 4.78 is 9.98. The lowest BCUT2D eigenvalue weighted by atomic mass is 9.81. The van der Waals surface area contributed by atoms with Crippen LogP contribution in [0.3, 0.4) is 0 Å². The van der Waals surface area contributed by atoms with Crippen molar-refractivity contribution in [2.45, 2.75) is 33.9 Å². The van der Waals surface area contributed by atoms with Crippen LogP contribution in [0.4, 0.5) is 0 Å². The van der Waals surface area contributed by atoms with Crippen LogP contribution >= 0.6 is 0 Å². The van der Waals surface area contributed by atoms with Crippen LogP contribution in [-0.2, 0) is 14.3 Å². The fourth-order valence-electron chi connectivity index (χ4n) is 1.32. The minimum atomic E-state index is -1.00. The van der Waals surface area contributed by atoms with Crippen LogP contribution in [0.5, 0.6) is 0 Å². The predicted octanol–water partition coefficient (Wildman–Crippen LogP) is 0.687. The summed E-state index contributed by atoms with van der Waals surface area (Å²) in [6.07, 6.45) is -0.258. The van der Waals surface area contributed by atoms with Crippen molar-refractivity contribution in [3.63, 3.8) is 0 Å². The van der Waals surface area contributed by atoms with Gasteiger partial charge in [0.05, 0.1) is 6.54 Å². The van der Waals surface area contributed by atoms with E-state index in [0.29, 0.717) is 0 Å². The first-order chi connectivity index (χ1) is 8.59. The lowest BCUT2D eigenvalue weighted by Gasteiger charge is -2.34. The van der Waals surface area contributed by atoms with E-state index >= 15 is 0 Å². The van der Waals surface area contributed by atoms with Crippen LogP contribution in [0.1, 0.15) is 27.7 Å². The number of nitrogens with two attached hydrogens (primary N) is 1. The molecule has 2 atom stereocenters. The zero-order valence-electron chi connectivity index (χ0n) is 12.2. The third-order valence-electron chi connectivity index (χ3n) is 2.99. The fraction of sp³-hybridized carbons (Fsp3) is 0.750. The predicted molar refractivity (Wildman–Crippen MR) is 73.2 cm³/mol. The van der Waals surface area contributed by atoms with E-state index in [-0.39, 0.29) is 30.0 Å². The SMILES string of the molecule is COC(NCC(=N)OC(=N)C(N)=O)C(C)C(C)(C)C. The van der Waals surface area contributed by atoms with E-state index in [1.54, 1.807) is 7.11 Å². The maximum absolute atomic E-state index is 10.6. The Hall–Kier alpha value is -1.47. The lowest BCUT2D eigenvalue weighted by molar-refractivity contribution is -0.113. The molecule has 0 aromatic heterocycles. The maximum Gasteiger partial charge on any atom is 0.304 e. The second kappa shape index (κ2) is 7.20. The highest BCUT2D eigenvalue weighted by atomic mass is 16.5. The van der Waals surface area contributed by atoms with E-state index in [0.717, 1.165) is 0 Å². The second-order valence-corrected chi connectivity index (χ2v) is 5.41. The van der Waals surface area contributed by atoms with Crippen molar-refractivity contribution in [1.29, 1.82) is 10.8 Å². The van der Waals surface area contributed by atoms with E-state index in [1.165, 1.54) is 0 Å². The number of primary amides is 1. The molecule has 0 radical (unpaired) electrons. The molecular formula is C12H24N4O3. The highest BCUT2D eigenvalue weighted by Gasteiger charge is 2.28. The molecule has 0 saturated carbocycles. The number of hydrogen-bond donors (Lipinski definition) is 4. The molecule has 0 fully saturated rings. The Morgan fingerprint density at radius 1 is 1.37 bits per heavy atom. The van der Waals surface area contributed by atoms with E-state index in [4.69, 9.17) is 21.3 Å². The fourth-order valence-corrected chi connectivity index (χ4v) is 1.32.